The van der Waals surface area contributed by atoms with E-state index in [0.717, 1.165) is 0 Å². The fourth-order valence-electron chi connectivity index (χ4n) is 8.46. The molecule has 43 heavy (non-hydrogen) atoms. The topological polar surface area (TPSA) is 0 Å². The summed E-state index contributed by atoms with van der Waals surface area (Å²) in [5, 5.41) is 7.78. The van der Waals surface area contributed by atoms with Crippen LogP contribution in [0, 0.1) is 0 Å². The summed E-state index contributed by atoms with van der Waals surface area (Å²) >= 11 is 0. The molecule has 0 N–H and O–H groups in total. The van der Waals surface area contributed by atoms with Crippen LogP contribution in [-0.2, 0) is 5.41 Å². The van der Waals surface area contributed by atoms with E-state index in [2.05, 4.69) is 158 Å². The molecule has 0 aliphatic heterocycles. The number of rotatable bonds is 1. The van der Waals surface area contributed by atoms with E-state index in [1.54, 1.807) is 0 Å². The minimum atomic E-state index is -0.388. The van der Waals surface area contributed by atoms with Crippen molar-refractivity contribution in [3.8, 4) is 33.4 Å². The van der Waals surface area contributed by atoms with Gasteiger partial charge in [-0.2, -0.15) is 0 Å². The molecule has 0 saturated heterocycles. The first-order valence-corrected chi connectivity index (χ1v) is 15.1. The maximum atomic E-state index is 2.45. The van der Waals surface area contributed by atoms with Crippen LogP contribution in [0.5, 0.6) is 0 Å². The smallest absolute Gasteiger partial charge is 0.0619 e. The van der Waals surface area contributed by atoms with Crippen LogP contribution in [-0.4, -0.2) is 0 Å². The Hall–Kier alpha value is -5.46. The third kappa shape index (κ3) is 2.81. The maximum absolute atomic E-state index is 2.45. The second-order valence-electron chi connectivity index (χ2n) is 12.0. The number of hydrogen-bond donors (Lipinski definition) is 0. The van der Waals surface area contributed by atoms with E-state index in [0.29, 0.717) is 0 Å². The Bertz CT molecular complexity index is 2410. The van der Waals surface area contributed by atoms with Gasteiger partial charge in [-0.15, -0.1) is 0 Å². The minimum Gasteiger partial charge on any atom is -0.0619 e. The first-order valence-electron chi connectivity index (χ1n) is 15.1. The van der Waals surface area contributed by atoms with Gasteiger partial charge in [0.1, 0.15) is 0 Å². The summed E-state index contributed by atoms with van der Waals surface area (Å²) in [7, 11) is 0. The van der Waals surface area contributed by atoms with Crippen molar-refractivity contribution in [2.24, 2.45) is 0 Å². The molecule has 10 rings (SSSR count). The lowest BCUT2D eigenvalue weighted by molar-refractivity contribution is 0.801. The van der Waals surface area contributed by atoms with Crippen molar-refractivity contribution >= 4 is 32.3 Å². The van der Waals surface area contributed by atoms with Crippen molar-refractivity contribution in [3.05, 3.63) is 180 Å². The average Bonchev–Trinajstić information content (AvgIpc) is 3.56. The van der Waals surface area contributed by atoms with E-state index in [4.69, 9.17) is 0 Å². The van der Waals surface area contributed by atoms with E-state index in [9.17, 15) is 0 Å². The number of benzene rings is 8. The summed E-state index contributed by atoms with van der Waals surface area (Å²) in [6, 6.07) is 59.0. The molecule has 0 nitrogen and oxygen atoms in total. The molecule has 0 fully saturated rings. The van der Waals surface area contributed by atoms with Gasteiger partial charge < -0.3 is 0 Å². The van der Waals surface area contributed by atoms with Crippen molar-refractivity contribution in [1.29, 1.82) is 0 Å². The van der Waals surface area contributed by atoms with Crippen molar-refractivity contribution in [2.45, 2.75) is 5.41 Å². The van der Waals surface area contributed by atoms with Gasteiger partial charge in [-0.05, 0) is 100 Å². The summed E-state index contributed by atoms with van der Waals surface area (Å²) in [6.07, 6.45) is 0. The van der Waals surface area contributed by atoms with Crippen LogP contribution in [0.2, 0.25) is 0 Å². The molecule has 0 unspecified atom stereocenters. The predicted octanol–water partition coefficient (Wildman–Crippen LogP) is 11.2. The van der Waals surface area contributed by atoms with Gasteiger partial charge in [-0.3, -0.25) is 0 Å². The van der Waals surface area contributed by atoms with Gasteiger partial charge in [0, 0.05) is 0 Å². The summed E-state index contributed by atoms with van der Waals surface area (Å²) < 4.78 is 0. The van der Waals surface area contributed by atoms with Crippen LogP contribution in [0.15, 0.2) is 158 Å². The van der Waals surface area contributed by atoms with E-state index >= 15 is 0 Å². The Morgan fingerprint density at radius 1 is 0.302 bits per heavy atom. The molecule has 0 radical (unpaired) electrons. The monoisotopic (exact) mass is 542 g/mol. The summed E-state index contributed by atoms with van der Waals surface area (Å²) in [4.78, 5) is 0. The van der Waals surface area contributed by atoms with Gasteiger partial charge in [0.25, 0.3) is 0 Å². The first-order chi connectivity index (χ1) is 21.4. The van der Waals surface area contributed by atoms with E-state index in [1.807, 2.05) is 0 Å². The van der Waals surface area contributed by atoms with Crippen LogP contribution < -0.4 is 0 Å². The quantitative estimate of drug-likeness (QED) is 0.181. The van der Waals surface area contributed by atoms with E-state index < -0.39 is 0 Å². The standard InChI is InChI=1S/C43H26/c1-3-15-29-27(13-1)25-36(32-18-6-5-17-31(29)32)37-26-28-14-2-4-16-30(28)42-41(37)35-21-9-12-24-40(35)43(42)38-22-10-7-19-33(38)34-20-8-11-23-39(34)43/h1-26H. The molecule has 0 aromatic heterocycles. The summed E-state index contributed by atoms with van der Waals surface area (Å²) in [5.74, 6) is 0. The van der Waals surface area contributed by atoms with Gasteiger partial charge in [0.05, 0.1) is 5.41 Å². The Labute approximate surface area is 250 Å². The highest BCUT2D eigenvalue weighted by Crippen LogP contribution is 2.65. The number of fused-ring (bicyclic) bond motifs is 15. The molecule has 0 amide bonds. The largest absolute Gasteiger partial charge is 0.0731 e. The van der Waals surface area contributed by atoms with Crippen molar-refractivity contribution in [1.82, 2.24) is 0 Å². The molecule has 8 aromatic carbocycles. The SMILES string of the molecule is c1ccc2c(c1)-c1ccccc1C21c2ccccc2-c2c(-c3cc4ccccc4c4ccccc34)cc3ccccc3c21. The molecular weight excluding hydrogens is 516 g/mol. The van der Waals surface area contributed by atoms with Crippen molar-refractivity contribution in [3.63, 3.8) is 0 Å². The van der Waals surface area contributed by atoms with Gasteiger partial charge in [0.2, 0.25) is 0 Å². The van der Waals surface area contributed by atoms with Crippen LogP contribution in [0.25, 0.3) is 65.7 Å². The molecule has 1 spiro atoms. The zero-order chi connectivity index (χ0) is 28.1. The van der Waals surface area contributed by atoms with Crippen LogP contribution in [0.4, 0.5) is 0 Å². The Kier molecular flexibility index (Phi) is 4.47. The van der Waals surface area contributed by atoms with Gasteiger partial charge in [-0.1, -0.05) is 146 Å². The summed E-state index contributed by atoms with van der Waals surface area (Å²) in [6.45, 7) is 0. The highest BCUT2D eigenvalue weighted by atomic mass is 14.5. The highest BCUT2D eigenvalue weighted by Gasteiger charge is 2.52. The van der Waals surface area contributed by atoms with Crippen LogP contribution >= 0.6 is 0 Å². The molecule has 8 aromatic rings. The zero-order valence-corrected chi connectivity index (χ0v) is 23.5. The van der Waals surface area contributed by atoms with Crippen LogP contribution in [0.3, 0.4) is 0 Å². The van der Waals surface area contributed by atoms with Crippen molar-refractivity contribution < 1.29 is 0 Å². The molecule has 0 heteroatoms. The molecule has 2 aliphatic rings. The normalized spacial score (nSPS) is 13.8. The first kappa shape index (κ1) is 23.1. The Morgan fingerprint density at radius 2 is 0.744 bits per heavy atom. The second kappa shape index (κ2) is 8.31. The maximum Gasteiger partial charge on any atom is 0.0731 e. The molecule has 0 atom stereocenters. The lowest BCUT2D eigenvalue weighted by Crippen LogP contribution is -2.26. The van der Waals surface area contributed by atoms with E-state index in [-0.39, 0.29) is 5.41 Å². The van der Waals surface area contributed by atoms with Crippen LogP contribution in [0.1, 0.15) is 22.3 Å². The third-order valence-corrected chi connectivity index (χ3v) is 10.0. The molecule has 0 saturated carbocycles. The van der Waals surface area contributed by atoms with Gasteiger partial charge in [-0.25, -0.2) is 0 Å². The zero-order valence-electron chi connectivity index (χ0n) is 23.5. The average molecular weight is 543 g/mol. The Balaban J connectivity index is 1.46. The summed E-state index contributed by atoms with van der Waals surface area (Å²) in [5.41, 5.74) is 13.1. The lowest BCUT2D eigenvalue weighted by Gasteiger charge is -2.31. The second-order valence-corrected chi connectivity index (χ2v) is 12.0. The van der Waals surface area contributed by atoms with Gasteiger partial charge in [0.15, 0.2) is 0 Å². The van der Waals surface area contributed by atoms with Gasteiger partial charge >= 0.3 is 0 Å². The molecule has 0 bridgehead atoms. The Morgan fingerprint density at radius 3 is 1.42 bits per heavy atom. The fourth-order valence-corrected chi connectivity index (χ4v) is 8.46. The highest BCUT2D eigenvalue weighted by molar-refractivity contribution is 6.17. The third-order valence-electron chi connectivity index (χ3n) is 10.0. The minimum absolute atomic E-state index is 0.388. The molecule has 2 aliphatic carbocycles. The number of hydrogen-bond acceptors (Lipinski definition) is 0. The predicted molar refractivity (Wildman–Crippen MR) is 181 cm³/mol. The molecule has 198 valence electrons. The van der Waals surface area contributed by atoms with E-state index in [1.165, 1.54) is 88.0 Å². The molecular formula is C43H26. The lowest BCUT2D eigenvalue weighted by atomic mass is 9.69. The fraction of sp³-hybridized carbons (Fsp3) is 0.0233. The van der Waals surface area contributed by atoms with Crippen molar-refractivity contribution in [2.75, 3.05) is 0 Å². The molecule has 0 heterocycles.